The molecule has 0 radical (unpaired) electrons. The normalized spacial score (nSPS) is 31.0. The molecule has 11 heteroatoms. The van der Waals surface area contributed by atoms with Gasteiger partial charge in [0.05, 0.1) is 17.9 Å². The molecular weight excluding hydrogens is 666 g/mol. The average molecular weight is 715 g/mol. The Morgan fingerprint density at radius 2 is 1.74 bits per heavy atom. The number of nitrogens with one attached hydrogen (secondary N) is 1. The predicted octanol–water partition coefficient (Wildman–Crippen LogP) is 4.43. The zero-order valence-corrected chi connectivity index (χ0v) is 29.6. The van der Waals surface area contributed by atoms with Crippen molar-refractivity contribution < 1.29 is 33.8 Å². The van der Waals surface area contributed by atoms with Crippen molar-refractivity contribution in [3.8, 4) is 0 Å². The van der Waals surface area contributed by atoms with Gasteiger partial charge in [0, 0.05) is 36.1 Å². The monoisotopic (exact) mass is 713 g/mol. The molecule has 1 aromatic carbocycles. The molecule has 6 atom stereocenters. The van der Waals surface area contributed by atoms with E-state index in [9.17, 15) is 19.5 Å². The number of esters is 1. The Kier molecular flexibility index (Phi) is 10.4. The number of aliphatic hydroxyl groups is 1. The SMILES string of the molecule is CC(C)(C)CC(C)(C)N1C/C=C\CCC(=O)OC[C@H](c2ccccc2)NC(=O)[C@H]2[C@@H]3O[C@@]4(C=C3Br)[C@@H]2C(=O)N(CCCCO)[C@@H]4C1=O. The Labute approximate surface area is 286 Å². The van der Waals surface area contributed by atoms with Gasteiger partial charge in [-0.2, -0.15) is 0 Å². The van der Waals surface area contributed by atoms with E-state index >= 15 is 4.79 Å². The highest BCUT2D eigenvalue weighted by Gasteiger charge is 2.74. The summed E-state index contributed by atoms with van der Waals surface area (Å²) in [5.74, 6) is -3.23. The molecule has 1 spiro atoms. The first-order valence-electron chi connectivity index (χ1n) is 16.6. The maximum Gasteiger partial charge on any atom is 0.306 e. The highest BCUT2D eigenvalue weighted by atomic mass is 79.9. The number of benzene rings is 1. The van der Waals surface area contributed by atoms with Gasteiger partial charge in [-0.1, -0.05) is 79.2 Å². The molecule has 0 saturated carbocycles. The quantitative estimate of drug-likeness (QED) is 0.244. The largest absolute Gasteiger partial charge is 0.463 e. The van der Waals surface area contributed by atoms with Crippen molar-refractivity contribution in [2.75, 3.05) is 26.3 Å². The number of hydrogen-bond donors (Lipinski definition) is 2. The second kappa shape index (κ2) is 13.8. The molecule has 4 heterocycles. The van der Waals surface area contributed by atoms with Gasteiger partial charge in [-0.25, -0.2) is 0 Å². The third kappa shape index (κ3) is 7.08. The van der Waals surface area contributed by atoms with Crippen LogP contribution in [0.15, 0.2) is 53.0 Å². The van der Waals surface area contributed by atoms with Gasteiger partial charge in [0.1, 0.15) is 24.4 Å². The Balaban J connectivity index is 1.61. The molecule has 2 N–H and O–H groups in total. The molecule has 4 aliphatic rings. The highest BCUT2D eigenvalue weighted by Crippen LogP contribution is 2.59. The summed E-state index contributed by atoms with van der Waals surface area (Å²) in [6.45, 7) is 10.9. The van der Waals surface area contributed by atoms with Gasteiger partial charge >= 0.3 is 5.97 Å². The van der Waals surface area contributed by atoms with Crippen LogP contribution in [0.3, 0.4) is 0 Å². The van der Waals surface area contributed by atoms with Gasteiger partial charge in [-0.15, -0.1) is 0 Å². The molecule has 256 valence electrons. The number of ether oxygens (including phenoxy) is 2. The van der Waals surface area contributed by atoms with Crippen LogP contribution in [0.25, 0.3) is 0 Å². The number of nitrogens with zero attached hydrogens (tertiary/aromatic N) is 2. The van der Waals surface area contributed by atoms with E-state index in [1.165, 1.54) is 0 Å². The fourth-order valence-electron chi connectivity index (χ4n) is 8.03. The molecule has 47 heavy (non-hydrogen) atoms. The van der Waals surface area contributed by atoms with E-state index in [2.05, 4.69) is 42.0 Å². The Hall–Kier alpha value is -3.02. The maximum absolute atomic E-state index is 15.1. The number of carbonyl (C=O) groups excluding carboxylic acids is 4. The van der Waals surface area contributed by atoms with Crippen molar-refractivity contribution in [1.29, 1.82) is 0 Å². The van der Waals surface area contributed by atoms with E-state index in [0.717, 1.165) is 5.56 Å². The van der Waals surface area contributed by atoms with E-state index in [-0.39, 0.29) is 50.0 Å². The van der Waals surface area contributed by atoms with Crippen molar-refractivity contribution in [1.82, 2.24) is 15.1 Å². The zero-order valence-electron chi connectivity index (χ0n) is 28.0. The summed E-state index contributed by atoms with van der Waals surface area (Å²) in [7, 11) is 0. The predicted molar refractivity (Wildman–Crippen MR) is 180 cm³/mol. The van der Waals surface area contributed by atoms with E-state index in [4.69, 9.17) is 9.47 Å². The number of rotatable bonds is 7. The standard InChI is InChI=1S/C36H48BrN3O7/c1-34(2,3)22-35(4,5)40-18-11-7-10-16-26(42)46-21-25(23-14-8-6-9-15-23)38-31(43)27-28-32(44)39(17-12-13-19-41)30(33(40)45)36(28)20-24(37)29(27)47-36/h6-9,11,14-15,20,25,27-30,41H,10,12-13,16-19,21-22H2,1-5H3,(H,38,43)/b11-7-/t25-,27-,28+,29-,30-,36+/m1/s1. The first-order chi connectivity index (χ1) is 22.2. The van der Waals surface area contributed by atoms with Crippen LogP contribution in [0.2, 0.25) is 0 Å². The van der Waals surface area contributed by atoms with Crippen molar-refractivity contribution >= 4 is 39.6 Å². The van der Waals surface area contributed by atoms with Crippen molar-refractivity contribution in [2.24, 2.45) is 17.3 Å². The third-order valence-electron chi connectivity index (χ3n) is 9.63. The summed E-state index contributed by atoms with van der Waals surface area (Å²) < 4.78 is 12.9. The Bertz CT molecular complexity index is 1420. The van der Waals surface area contributed by atoms with Crippen LogP contribution < -0.4 is 5.32 Å². The first-order valence-corrected chi connectivity index (χ1v) is 17.4. The van der Waals surface area contributed by atoms with Gasteiger partial charge in [0.25, 0.3) is 0 Å². The average Bonchev–Trinajstić information content (AvgIpc) is 3.58. The number of amides is 3. The van der Waals surface area contributed by atoms with Crippen LogP contribution in [0, 0.1) is 17.3 Å². The second-order valence-electron chi connectivity index (χ2n) is 15.0. The molecule has 10 nitrogen and oxygen atoms in total. The number of hydrogen-bond acceptors (Lipinski definition) is 7. The topological polar surface area (TPSA) is 125 Å². The lowest BCUT2D eigenvalue weighted by Crippen LogP contribution is -2.60. The van der Waals surface area contributed by atoms with Crippen LogP contribution >= 0.6 is 15.9 Å². The van der Waals surface area contributed by atoms with Crippen molar-refractivity contribution in [2.45, 2.75) is 96.1 Å². The summed E-state index contributed by atoms with van der Waals surface area (Å²) in [6.07, 6.45) is 7.07. The summed E-state index contributed by atoms with van der Waals surface area (Å²) in [5, 5.41) is 12.6. The number of likely N-dealkylation sites (tertiary alicyclic amines) is 1. The molecule has 0 aromatic heterocycles. The Morgan fingerprint density at radius 3 is 2.43 bits per heavy atom. The number of aliphatic hydroxyl groups excluding tert-OH is 1. The van der Waals surface area contributed by atoms with Crippen molar-refractivity contribution in [3.05, 3.63) is 58.6 Å². The minimum Gasteiger partial charge on any atom is -0.463 e. The Morgan fingerprint density at radius 1 is 1.02 bits per heavy atom. The number of fused-ring (bicyclic) bond motifs is 2. The maximum atomic E-state index is 15.1. The number of carbonyl (C=O) groups is 4. The van der Waals surface area contributed by atoms with E-state index < -0.39 is 53.0 Å². The summed E-state index contributed by atoms with van der Waals surface area (Å²) in [4.78, 5) is 60.0. The summed E-state index contributed by atoms with van der Waals surface area (Å²) in [5.41, 5.74) is -1.33. The van der Waals surface area contributed by atoms with E-state index in [0.29, 0.717) is 30.2 Å². The highest BCUT2D eigenvalue weighted by molar-refractivity contribution is 9.11. The van der Waals surface area contributed by atoms with Crippen LogP contribution in [0.4, 0.5) is 0 Å². The molecule has 2 fully saturated rings. The lowest BCUT2D eigenvalue weighted by Gasteiger charge is -2.45. The molecule has 3 amide bonds. The van der Waals surface area contributed by atoms with Crippen molar-refractivity contribution in [3.63, 3.8) is 0 Å². The summed E-state index contributed by atoms with van der Waals surface area (Å²) >= 11 is 3.63. The van der Waals surface area contributed by atoms with Crippen LogP contribution in [0.5, 0.6) is 0 Å². The molecule has 5 bridgehead atoms. The number of allylic oxidation sites excluding steroid dienone is 1. The van der Waals surface area contributed by atoms with Gasteiger partial charge in [0.2, 0.25) is 17.7 Å². The molecule has 0 aliphatic carbocycles. The number of halogens is 1. The second-order valence-corrected chi connectivity index (χ2v) is 15.9. The molecule has 0 unspecified atom stereocenters. The molecule has 4 aliphatic heterocycles. The fraction of sp³-hybridized carbons (Fsp3) is 0.611. The van der Waals surface area contributed by atoms with Crippen LogP contribution in [-0.2, 0) is 28.7 Å². The first kappa shape index (κ1) is 35.3. The lowest BCUT2D eigenvalue weighted by molar-refractivity contribution is -0.152. The van der Waals surface area contributed by atoms with E-state index in [1.54, 1.807) is 4.90 Å². The number of unbranched alkanes of at least 4 members (excludes halogenated alkanes) is 1. The van der Waals surface area contributed by atoms with Crippen LogP contribution in [-0.4, -0.2) is 88.2 Å². The van der Waals surface area contributed by atoms with Gasteiger partial charge in [0.15, 0.2) is 0 Å². The molecular formula is C36H48BrN3O7. The summed E-state index contributed by atoms with van der Waals surface area (Å²) in [6, 6.07) is 7.60. The minimum absolute atomic E-state index is 0.0365. The minimum atomic E-state index is -1.36. The fourth-order valence-corrected chi connectivity index (χ4v) is 8.76. The third-order valence-corrected chi connectivity index (χ3v) is 10.3. The molecule has 2 saturated heterocycles. The molecule has 1 aromatic rings. The van der Waals surface area contributed by atoms with E-state index in [1.807, 2.05) is 67.3 Å². The molecule has 5 rings (SSSR count). The van der Waals surface area contributed by atoms with Gasteiger partial charge in [-0.05, 0) is 56.6 Å². The number of cyclic esters (lactones) is 1. The van der Waals surface area contributed by atoms with Crippen LogP contribution in [0.1, 0.15) is 78.3 Å². The smallest absolute Gasteiger partial charge is 0.306 e. The zero-order chi connectivity index (χ0) is 34.1. The lowest BCUT2D eigenvalue weighted by atomic mass is 9.73. The van der Waals surface area contributed by atoms with Gasteiger partial charge in [-0.3, -0.25) is 19.2 Å². The van der Waals surface area contributed by atoms with Gasteiger partial charge < -0.3 is 29.7 Å².